The number of nitrogens with zero attached hydrogens (tertiary/aromatic N) is 3. The number of aryl methyl sites for hydroxylation is 1. The van der Waals surface area contributed by atoms with Crippen molar-refractivity contribution in [2.75, 3.05) is 33.8 Å². The molecule has 0 saturated carbocycles. The third-order valence-electron chi connectivity index (χ3n) is 5.79. The number of Topliss-reactive ketones (excluding diaryl/α,β-unsaturated/α-hetero) is 2. The van der Waals surface area contributed by atoms with Crippen LogP contribution in [0.2, 0.25) is 0 Å². The van der Waals surface area contributed by atoms with Gasteiger partial charge in [0, 0.05) is 24.5 Å². The predicted octanol–water partition coefficient (Wildman–Crippen LogP) is 3.33. The monoisotopic (exact) mass is 451 g/mol. The van der Waals surface area contributed by atoms with Crippen LogP contribution in [0.15, 0.2) is 42.7 Å². The maximum atomic E-state index is 13.6. The third-order valence-corrected chi connectivity index (χ3v) is 5.79. The largest absolute Gasteiger partial charge is 0.493 e. The van der Waals surface area contributed by atoms with Crippen molar-refractivity contribution in [2.45, 2.75) is 33.2 Å². The molecule has 1 saturated heterocycles. The molecule has 176 valence electrons. The number of ketones is 2. The number of hydrogen-bond acceptors (Lipinski definition) is 6. The summed E-state index contributed by atoms with van der Waals surface area (Å²) in [6.45, 7) is 7.71. The summed E-state index contributed by atoms with van der Waals surface area (Å²) in [5.74, 6) is -1.59. The number of carbonyl (C=O) groups excluding carboxylic acids is 3. The van der Waals surface area contributed by atoms with Gasteiger partial charge in [0.2, 0.25) is 5.78 Å². The number of likely N-dealkylation sites (tertiary alicyclic amines) is 1. The average Bonchev–Trinajstić information content (AvgIpc) is 3.02. The van der Waals surface area contributed by atoms with Crippen LogP contribution in [0.4, 0.5) is 0 Å². The molecule has 3 rings (SSSR count). The zero-order chi connectivity index (χ0) is 24.1. The standard InChI is InChI=1S/C26H33N3O4/c1-17(2)16-33-20-7-8-21(18(3)15-20)24(30)22-23(19-9-11-27-12-10-19)29(26(32)25(22)31)14-6-13-28(4)5/h7-12,15,17,22-23H,6,13-14,16H2,1-5H3. The van der Waals surface area contributed by atoms with Crippen molar-refractivity contribution in [2.24, 2.45) is 11.8 Å². The fraction of sp³-hybridized carbons (Fsp3) is 0.462. The lowest BCUT2D eigenvalue weighted by Gasteiger charge is -2.27. The molecule has 2 heterocycles. The van der Waals surface area contributed by atoms with Crippen LogP contribution in [0.1, 0.15) is 47.8 Å². The number of ether oxygens (including phenoxy) is 1. The summed E-state index contributed by atoms with van der Waals surface area (Å²) in [6, 6.07) is 8.16. The highest BCUT2D eigenvalue weighted by molar-refractivity contribution is 6.44. The summed E-state index contributed by atoms with van der Waals surface area (Å²) in [6.07, 6.45) is 3.94. The van der Waals surface area contributed by atoms with Crippen LogP contribution in [0.3, 0.4) is 0 Å². The molecule has 0 radical (unpaired) electrons. The lowest BCUT2D eigenvalue weighted by Crippen LogP contribution is -2.33. The van der Waals surface area contributed by atoms with E-state index in [9.17, 15) is 14.4 Å². The molecular formula is C26H33N3O4. The Kier molecular flexibility index (Phi) is 7.97. The van der Waals surface area contributed by atoms with E-state index in [1.165, 1.54) is 0 Å². The predicted molar refractivity (Wildman–Crippen MR) is 126 cm³/mol. The van der Waals surface area contributed by atoms with Crippen LogP contribution in [0, 0.1) is 18.8 Å². The molecule has 1 aromatic carbocycles. The second kappa shape index (κ2) is 10.7. The molecule has 1 aliphatic rings. The quantitative estimate of drug-likeness (QED) is 0.313. The van der Waals surface area contributed by atoms with Crippen LogP contribution in [-0.2, 0) is 9.59 Å². The molecule has 1 amide bonds. The lowest BCUT2D eigenvalue weighted by molar-refractivity contribution is -0.140. The number of benzene rings is 1. The van der Waals surface area contributed by atoms with Crippen LogP contribution >= 0.6 is 0 Å². The van der Waals surface area contributed by atoms with Gasteiger partial charge in [-0.25, -0.2) is 0 Å². The van der Waals surface area contributed by atoms with Gasteiger partial charge in [-0.1, -0.05) is 13.8 Å². The van der Waals surface area contributed by atoms with Gasteiger partial charge in [-0.3, -0.25) is 19.4 Å². The molecular weight excluding hydrogens is 418 g/mol. The first-order valence-corrected chi connectivity index (χ1v) is 11.4. The van der Waals surface area contributed by atoms with Crippen molar-refractivity contribution < 1.29 is 19.1 Å². The molecule has 33 heavy (non-hydrogen) atoms. The van der Waals surface area contributed by atoms with E-state index in [4.69, 9.17) is 4.74 Å². The maximum Gasteiger partial charge on any atom is 0.291 e. The number of carbonyl (C=O) groups is 3. The van der Waals surface area contributed by atoms with Crippen molar-refractivity contribution in [3.63, 3.8) is 0 Å². The van der Waals surface area contributed by atoms with Gasteiger partial charge in [0.25, 0.3) is 5.91 Å². The van der Waals surface area contributed by atoms with E-state index >= 15 is 0 Å². The van der Waals surface area contributed by atoms with Crippen LogP contribution in [0.5, 0.6) is 5.75 Å². The summed E-state index contributed by atoms with van der Waals surface area (Å²) >= 11 is 0. The van der Waals surface area contributed by atoms with E-state index in [1.54, 1.807) is 41.6 Å². The number of pyridine rings is 1. The summed E-state index contributed by atoms with van der Waals surface area (Å²) in [7, 11) is 3.92. The van der Waals surface area contributed by atoms with Crippen molar-refractivity contribution in [3.05, 3.63) is 59.4 Å². The molecule has 7 nitrogen and oxygen atoms in total. The molecule has 2 aromatic rings. The van der Waals surface area contributed by atoms with Crippen molar-refractivity contribution in [1.82, 2.24) is 14.8 Å². The molecule has 0 aliphatic carbocycles. The summed E-state index contributed by atoms with van der Waals surface area (Å²) < 4.78 is 5.77. The maximum absolute atomic E-state index is 13.6. The van der Waals surface area contributed by atoms with Gasteiger partial charge in [0.05, 0.1) is 12.6 Å². The highest BCUT2D eigenvalue weighted by Gasteiger charge is 2.51. The fourth-order valence-electron chi connectivity index (χ4n) is 4.15. The second-order valence-corrected chi connectivity index (χ2v) is 9.27. The van der Waals surface area contributed by atoms with Gasteiger partial charge in [-0.15, -0.1) is 0 Å². The van der Waals surface area contributed by atoms with Crippen molar-refractivity contribution in [3.8, 4) is 5.75 Å². The number of hydrogen-bond donors (Lipinski definition) is 0. The van der Waals surface area contributed by atoms with E-state index in [0.717, 1.165) is 17.7 Å². The SMILES string of the molecule is Cc1cc(OCC(C)C)ccc1C(=O)C1C(=O)C(=O)N(CCCN(C)C)C1c1ccncc1. The number of rotatable bonds is 10. The second-order valence-electron chi connectivity index (χ2n) is 9.27. The topological polar surface area (TPSA) is 79.8 Å². The molecule has 2 unspecified atom stereocenters. The molecule has 0 N–H and O–H groups in total. The van der Waals surface area contributed by atoms with Gasteiger partial charge < -0.3 is 14.5 Å². The molecule has 2 atom stereocenters. The Bertz CT molecular complexity index is 1000. The molecule has 0 spiro atoms. The highest BCUT2D eigenvalue weighted by Crippen LogP contribution is 2.38. The van der Waals surface area contributed by atoms with Gasteiger partial charge in [-0.2, -0.15) is 0 Å². The van der Waals surface area contributed by atoms with Crippen molar-refractivity contribution >= 4 is 17.5 Å². The summed E-state index contributed by atoms with van der Waals surface area (Å²) in [4.78, 5) is 47.4. The van der Waals surface area contributed by atoms with Crippen LogP contribution in [0.25, 0.3) is 0 Å². The molecule has 1 aliphatic heterocycles. The summed E-state index contributed by atoms with van der Waals surface area (Å²) in [5, 5.41) is 0. The Hall–Kier alpha value is -3.06. The normalized spacial score (nSPS) is 18.5. The van der Waals surface area contributed by atoms with E-state index in [1.807, 2.05) is 32.0 Å². The minimum absolute atomic E-state index is 0.335. The minimum Gasteiger partial charge on any atom is -0.493 e. The zero-order valence-electron chi connectivity index (χ0n) is 20.1. The fourth-order valence-corrected chi connectivity index (χ4v) is 4.15. The van der Waals surface area contributed by atoms with Crippen molar-refractivity contribution in [1.29, 1.82) is 0 Å². The van der Waals surface area contributed by atoms with E-state index in [0.29, 0.717) is 36.8 Å². The Labute approximate surface area is 195 Å². The molecule has 1 fully saturated rings. The Morgan fingerprint density at radius 1 is 1.15 bits per heavy atom. The minimum atomic E-state index is -1.08. The number of aromatic nitrogens is 1. The van der Waals surface area contributed by atoms with Gasteiger partial charge in [-0.05, 0) is 81.4 Å². The lowest BCUT2D eigenvalue weighted by atomic mass is 9.85. The van der Waals surface area contributed by atoms with Gasteiger partial charge in [0.15, 0.2) is 5.78 Å². The van der Waals surface area contributed by atoms with Gasteiger partial charge >= 0.3 is 0 Å². The first-order valence-electron chi connectivity index (χ1n) is 11.4. The molecule has 0 bridgehead atoms. The average molecular weight is 452 g/mol. The van der Waals surface area contributed by atoms with Gasteiger partial charge in [0.1, 0.15) is 11.7 Å². The Morgan fingerprint density at radius 2 is 1.85 bits per heavy atom. The third kappa shape index (κ3) is 5.66. The zero-order valence-corrected chi connectivity index (χ0v) is 20.1. The van der Waals surface area contributed by atoms with Crippen LogP contribution < -0.4 is 4.74 Å². The summed E-state index contributed by atoms with van der Waals surface area (Å²) in [5.41, 5.74) is 1.90. The highest BCUT2D eigenvalue weighted by atomic mass is 16.5. The first kappa shape index (κ1) is 24.6. The molecule has 1 aromatic heterocycles. The number of amides is 1. The smallest absolute Gasteiger partial charge is 0.291 e. The Morgan fingerprint density at radius 3 is 2.45 bits per heavy atom. The van der Waals surface area contributed by atoms with E-state index in [2.05, 4.69) is 18.8 Å². The Balaban J connectivity index is 1.93. The van der Waals surface area contributed by atoms with E-state index < -0.39 is 23.7 Å². The van der Waals surface area contributed by atoms with E-state index in [-0.39, 0.29) is 5.78 Å². The van der Waals surface area contributed by atoms with Crippen LogP contribution in [-0.4, -0.2) is 66.0 Å². The molecule has 7 heteroatoms. The first-order chi connectivity index (χ1) is 15.7.